The predicted octanol–water partition coefficient (Wildman–Crippen LogP) is 2.52. The molecule has 0 saturated heterocycles. The Morgan fingerprint density at radius 1 is 1.44 bits per heavy atom. The minimum atomic E-state index is -0.530. The van der Waals surface area contributed by atoms with Gasteiger partial charge in [0, 0.05) is 5.92 Å². The number of rotatable bonds is 6. The first-order chi connectivity index (χ1) is 7.39. The zero-order chi connectivity index (χ0) is 12.6. The molecular formula is C11H19NO4. The van der Waals surface area contributed by atoms with Gasteiger partial charge in [-0.1, -0.05) is 6.92 Å². The summed E-state index contributed by atoms with van der Waals surface area (Å²) < 4.78 is 0. The van der Waals surface area contributed by atoms with Crippen LogP contribution in [0.3, 0.4) is 0 Å². The zero-order valence-electron chi connectivity index (χ0n) is 10.3. The summed E-state index contributed by atoms with van der Waals surface area (Å²) in [6.45, 7) is 7.20. The van der Waals surface area contributed by atoms with Crippen molar-refractivity contribution in [1.82, 2.24) is 0 Å². The molecule has 1 unspecified atom stereocenters. The molecule has 0 radical (unpaired) electrons. The first-order valence-electron chi connectivity index (χ1n) is 5.34. The number of nitrogens with zero attached hydrogens (tertiary/aromatic N) is 1. The Labute approximate surface area is 96.1 Å². The Kier molecular flexibility index (Phi) is 6.70. The summed E-state index contributed by atoms with van der Waals surface area (Å²) in [5, 5.41) is 13.0. The highest BCUT2D eigenvalue weighted by atomic mass is 17.5. The molecule has 0 heterocycles. The van der Waals surface area contributed by atoms with Crippen LogP contribution in [-0.2, 0) is 19.6 Å². The molecule has 92 valence electrons. The van der Waals surface area contributed by atoms with Crippen LogP contribution in [-0.4, -0.2) is 11.6 Å². The average molecular weight is 229 g/mol. The van der Waals surface area contributed by atoms with Gasteiger partial charge in [-0.15, -0.1) is 0 Å². The highest BCUT2D eigenvalue weighted by molar-refractivity contribution is 5.68. The predicted molar refractivity (Wildman–Crippen MR) is 56.6 cm³/mol. The maximum absolute atomic E-state index is 11.1. The number of hydrogen-bond donors (Lipinski definition) is 0. The van der Waals surface area contributed by atoms with Crippen LogP contribution in [0.1, 0.15) is 47.0 Å². The van der Waals surface area contributed by atoms with Crippen molar-refractivity contribution in [2.45, 2.75) is 52.6 Å². The van der Waals surface area contributed by atoms with Crippen LogP contribution in [0.15, 0.2) is 0 Å². The molecule has 0 bridgehead atoms. The minimum absolute atomic E-state index is 0.115. The van der Waals surface area contributed by atoms with E-state index in [9.17, 15) is 4.79 Å². The Morgan fingerprint density at radius 2 is 2.06 bits per heavy atom. The van der Waals surface area contributed by atoms with E-state index in [0.717, 1.165) is 6.42 Å². The SMILES string of the molecule is CCC(C#N)CCC(=O)OOOC(C)(C)C. The second-order valence-electron chi connectivity index (χ2n) is 4.49. The molecule has 0 aliphatic carbocycles. The molecule has 0 aromatic heterocycles. The number of carbonyl (C=O) groups excluding carboxylic acids is 1. The number of nitriles is 1. The number of hydrogen-bond acceptors (Lipinski definition) is 5. The Balaban J connectivity index is 3.64. The molecule has 5 nitrogen and oxygen atoms in total. The van der Waals surface area contributed by atoms with Gasteiger partial charge in [-0.3, -0.25) is 4.89 Å². The smallest absolute Gasteiger partial charge is 0.269 e. The monoisotopic (exact) mass is 229 g/mol. The van der Waals surface area contributed by atoms with E-state index in [1.807, 2.05) is 6.92 Å². The van der Waals surface area contributed by atoms with Crippen LogP contribution in [0.4, 0.5) is 0 Å². The molecule has 0 aromatic rings. The Hall–Kier alpha value is -1.12. The van der Waals surface area contributed by atoms with E-state index in [-0.39, 0.29) is 12.3 Å². The second kappa shape index (κ2) is 7.20. The van der Waals surface area contributed by atoms with Crippen molar-refractivity contribution in [1.29, 1.82) is 5.26 Å². The topological polar surface area (TPSA) is 68.6 Å². The van der Waals surface area contributed by atoms with E-state index in [1.54, 1.807) is 20.8 Å². The lowest BCUT2D eigenvalue weighted by molar-refractivity contribution is -0.514. The van der Waals surface area contributed by atoms with Gasteiger partial charge in [0.1, 0.15) is 0 Å². The highest BCUT2D eigenvalue weighted by Crippen LogP contribution is 2.11. The van der Waals surface area contributed by atoms with Crippen molar-refractivity contribution in [3.05, 3.63) is 0 Å². The molecule has 0 spiro atoms. The molecule has 0 rings (SSSR count). The second-order valence-corrected chi connectivity index (χ2v) is 4.49. The zero-order valence-corrected chi connectivity index (χ0v) is 10.3. The fourth-order valence-corrected chi connectivity index (χ4v) is 0.851. The minimum Gasteiger partial charge on any atom is -0.269 e. The van der Waals surface area contributed by atoms with Crippen LogP contribution in [0.2, 0.25) is 0 Å². The maximum atomic E-state index is 11.1. The summed E-state index contributed by atoms with van der Waals surface area (Å²) in [6, 6.07) is 2.11. The fourth-order valence-electron chi connectivity index (χ4n) is 0.851. The van der Waals surface area contributed by atoms with Gasteiger partial charge >= 0.3 is 5.97 Å². The summed E-state index contributed by atoms with van der Waals surface area (Å²) in [5.41, 5.74) is -0.529. The van der Waals surface area contributed by atoms with Gasteiger partial charge in [-0.05, 0) is 38.7 Å². The van der Waals surface area contributed by atoms with Crippen molar-refractivity contribution in [2.24, 2.45) is 5.92 Å². The molecule has 0 aliphatic rings. The molecule has 0 aliphatic heterocycles. The Bertz CT molecular complexity index is 252. The van der Waals surface area contributed by atoms with Gasteiger partial charge in [0.15, 0.2) is 0 Å². The summed E-state index contributed by atoms with van der Waals surface area (Å²) in [4.78, 5) is 20.3. The van der Waals surface area contributed by atoms with E-state index in [0.29, 0.717) is 6.42 Å². The van der Waals surface area contributed by atoms with Crippen molar-refractivity contribution < 1.29 is 19.6 Å². The van der Waals surface area contributed by atoms with E-state index in [2.05, 4.69) is 16.0 Å². The average Bonchev–Trinajstić information content (AvgIpc) is 2.17. The maximum Gasteiger partial charge on any atom is 0.345 e. The molecular weight excluding hydrogens is 210 g/mol. The van der Waals surface area contributed by atoms with Crippen molar-refractivity contribution in [3.8, 4) is 6.07 Å². The lowest BCUT2D eigenvalue weighted by Crippen LogP contribution is -2.20. The molecule has 16 heavy (non-hydrogen) atoms. The Morgan fingerprint density at radius 3 is 2.50 bits per heavy atom. The van der Waals surface area contributed by atoms with E-state index in [4.69, 9.17) is 10.1 Å². The standard InChI is InChI=1S/C11H19NO4/c1-5-9(8-12)6-7-10(13)14-16-15-11(2,3)4/h9H,5-7H2,1-4H3. The summed E-state index contributed by atoms with van der Waals surface area (Å²) in [5.74, 6) is -0.644. The largest absolute Gasteiger partial charge is 0.345 e. The number of carbonyl (C=O) groups is 1. The van der Waals surface area contributed by atoms with Gasteiger partial charge in [-0.25, -0.2) is 4.79 Å². The van der Waals surface area contributed by atoms with Crippen LogP contribution in [0.5, 0.6) is 0 Å². The normalized spacial score (nSPS) is 12.9. The summed E-state index contributed by atoms with van der Waals surface area (Å²) in [6.07, 6.45) is 1.35. The summed E-state index contributed by atoms with van der Waals surface area (Å²) >= 11 is 0. The van der Waals surface area contributed by atoms with Crippen LogP contribution >= 0.6 is 0 Å². The molecule has 0 fully saturated rings. The quantitative estimate of drug-likeness (QED) is 0.517. The third-order valence-corrected chi connectivity index (χ3v) is 1.78. The molecule has 0 amide bonds. The lowest BCUT2D eigenvalue weighted by Gasteiger charge is -2.15. The van der Waals surface area contributed by atoms with E-state index in [1.165, 1.54) is 0 Å². The third kappa shape index (κ3) is 8.21. The van der Waals surface area contributed by atoms with Crippen molar-refractivity contribution in [3.63, 3.8) is 0 Å². The molecule has 0 N–H and O–H groups in total. The summed E-state index contributed by atoms with van der Waals surface area (Å²) in [7, 11) is 0. The molecule has 1 atom stereocenters. The highest BCUT2D eigenvalue weighted by Gasteiger charge is 2.15. The third-order valence-electron chi connectivity index (χ3n) is 1.78. The van der Waals surface area contributed by atoms with Crippen LogP contribution in [0.25, 0.3) is 0 Å². The van der Waals surface area contributed by atoms with Crippen LogP contribution in [0, 0.1) is 17.2 Å². The first kappa shape index (κ1) is 14.9. The fraction of sp³-hybridized carbons (Fsp3) is 0.818. The van der Waals surface area contributed by atoms with Gasteiger partial charge < -0.3 is 0 Å². The van der Waals surface area contributed by atoms with Gasteiger partial charge in [0.25, 0.3) is 0 Å². The van der Waals surface area contributed by atoms with Crippen molar-refractivity contribution in [2.75, 3.05) is 0 Å². The first-order valence-corrected chi connectivity index (χ1v) is 5.34. The van der Waals surface area contributed by atoms with Gasteiger partial charge in [0.2, 0.25) is 0 Å². The molecule has 0 saturated carbocycles. The van der Waals surface area contributed by atoms with E-state index >= 15 is 0 Å². The van der Waals surface area contributed by atoms with Gasteiger partial charge in [0.05, 0.1) is 18.1 Å². The van der Waals surface area contributed by atoms with Crippen molar-refractivity contribution >= 4 is 5.97 Å². The van der Waals surface area contributed by atoms with E-state index < -0.39 is 11.6 Å². The molecule has 5 heteroatoms. The van der Waals surface area contributed by atoms with Crippen LogP contribution < -0.4 is 0 Å². The lowest BCUT2D eigenvalue weighted by atomic mass is 10.0. The molecule has 0 aromatic carbocycles. The van der Waals surface area contributed by atoms with Gasteiger partial charge in [-0.2, -0.15) is 10.1 Å².